The molecule has 0 bridgehead atoms. The summed E-state index contributed by atoms with van der Waals surface area (Å²) in [5, 5.41) is 8.53. The van der Waals surface area contributed by atoms with Crippen LogP contribution in [0.1, 0.15) is 31.1 Å². The van der Waals surface area contributed by atoms with E-state index in [-0.39, 0.29) is 6.04 Å². The van der Waals surface area contributed by atoms with E-state index >= 15 is 0 Å². The van der Waals surface area contributed by atoms with Crippen molar-refractivity contribution in [2.24, 2.45) is 11.7 Å². The summed E-state index contributed by atoms with van der Waals surface area (Å²) in [7, 11) is 0. The number of benzene rings is 1. The zero-order valence-corrected chi connectivity index (χ0v) is 9.41. The molecule has 1 aromatic heterocycles. The van der Waals surface area contributed by atoms with Gasteiger partial charge in [-0.2, -0.15) is 5.10 Å². The quantitative estimate of drug-likeness (QED) is 0.788. The minimum absolute atomic E-state index is 0.0248. The Bertz CT molecular complexity index is 471. The first-order valence-electron chi connectivity index (χ1n) is 5.30. The van der Waals surface area contributed by atoms with Gasteiger partial charge >= 0.3 is 0 Å². The number of fused-ring (bicyclic) bond motifs is 1. The van der Waals surface area contributed by atoms with Crippen LogP contribution in [0, 0.1) is 12.8 Å². The van der Waals surface area contributed by atoms with Crippen molar-refractivity contribution < 1.29 is 0 Å². The fourth-order valence-corrected chi connectivity index (χ4v) is 1.79. The number of rotatable bonds is 2. The molecule has 1 heterocycles. The molecule has 0 aliphatic carbocycles. The van der Waals surface area contributed by atoms with Gasteiger partial charge in [-0.1, -0.05) is 32.0 Å². The molecule has 3 heteroatoms. The van der Waals surface area contributed by atoms with Gasteiger partial charge in [-0.3, -0.25) is 5.10 Å². The van der Waals surface area contributed by atoms with Crippen LogP contribution in [0.4, 0.5) is 0 Å². The molecule has 0 radical (unpaired) electrons. The van der Waals surface area contributed by atoms with Crippen LogP contribution in [-0.2, 0) is 0 Å². The van der Waals surface area contributed by atoms with E-state index in [1.165, 1.54) is 5.56 Å². The van der Waals surface area contributed by atoms with E-state index in [1.54, 1.807) is 0 Å². The molecule has 1 atom stereocenters. The Hall–Kier alpha value is -1.35. The molecule has 15 heavy (non-hydrogen) atoms. The van der Waals surface area contributed by atoms with E-state index in [0.29, 0.717) is 5.92 Å². The molecule has 0 spiro atoms. The van der Waals surface area contributed by atoms with E-state index in [1.807, 2.05) is 6.07 Å². The first-order valence-corrected chi connectivity index (χ1v) is 5.30. The monoisotopic (exact) mass is 203 g/mol. The number of H-pyrrole nitrogens is 1. The Morgan fingerprint density at radius 3 is 2.73 bits per heavy atom. The van der Waals surface area contributed by atoms with Gasteiger partial charge in [0.1, 0.15) is 0 Å². The van der Waals surface area contributed by atoms with Gasteiger partial charge < -0.3 is 5.73 Å². The van der Waals surface area contributed by atoms with Crippen LogP contribution < -0.4 is 5.73 Å². The van der Waals surface area contributed by atoms with E-state index in [9.17, 15) is 0 Å². The average molecular weight is 203 g/mol. The van der Waals surface area contributed by atoms with Crippen molar-refractivity contribution in [3.8, 4) is 0 Å². The summed E-state index contributed by atoms with van der Waals surface area (Å²) in [6, 6.07) is 6.21. The van der Waals surface area contributed by atoms with E-state index < -0.39 is 0 Å². The Morgan fingerprint density at radius 2 is 2.07 bits per heavy atom. The maximum Gasteiger partial charge on any atom is 0.0953 e. The third-order valence-corrected chi connectivity index (χ3v) is 2.87. The number of aryl methyl sites for hydroxylation is 1. The molecular formula is C12H17N3. The molecule has 0 amide bonds. The summed E-state index contributed by atoms with van der Waals surface area (Å²) in [5.74, 6) is 0.411. The molecule has 0 aliphatic rings. The molecule has 3 N–H and O–H groups in total. The second-order valence-electron chi connectivity index (χ2n) is 4.38. The number of nitrogens with zero attached hydrogens (tertiary/aromatic N) is 1. The molecule has 80 valence electrons. The number of hydrogen-bond acceptors (Lipinski definition) is 2. The topological polar surface area (TPSA) is 54.7 Å². The molecule has 2 rings (SSSR count). The summed E-state index contributed by atoms with van der Waals surface area (Å²) in [5.41, 5.74) is 9.39. The van der Waals surface area contributed by atoms with Gasteiger partial charge in [-0.05, 0) is 18.4 Å². The van der Waals surface area contributed by atoms with E-state index in [4.69, 9.17) is 5.73 Å². The summed E-state index contributed by atoms with van der Waals surface area (Å²) in [6.45, 7) is 6.30. The molecule has 0 saturated heterocycles. The standard InChI is InChI=1S/C12H17N3/c1-7(2)10(13)12-9-6-4-5-8(3)11(9)14-15-12/h4-7,10H,13H2,1-3H3,(H,14,15). The fourth-order valence-electron chi connectivity index (χ4n) is 1.79. The highest BCUT2D eigenvalue weighted by molar-refractivity contribution is 5.84. The molecule has 2 aromatic rings. The number of nitrogens with two attached hydrogens (primary N) is 1. The normalized spacial score (nSPS) is 13.7. The zero-order valence-electron chi connectivity index (χ0n) is 9.41. The minimum atomic E-state index is 0.0248. The van der Waals surface area contributed by atoms with Crippen LogP contribution in [0.5, 0.6) is 0 Å². The highest BCUT2D eigenvalue weighted by Crippen LogP contribution is 2.26. The van der Waals surface area contributed by atoms with Gasteiger partial charge in [0.05, 0.1) is 11.2 Å². The smallest absolute Gasteiger partial charge is 0.0953 e. The van der Waals surface area contributed by atoms with Crippen molar-refractivity contribution in [2.75, 3.05) is 0 Å². The van der Waals surface area contributed by atoms with Crippen molar-refractivity contribution in [3.05, 3.63) is 29.5 Å². The lowest BCUT2D eigenvalue weighted by atomic mass is 9.99. The third-order valence-electron chi connectivity index (χ3n) is 2.87. The van der Waals surface area contributed by atoms with Crippen molar-refractivity contribution in [1.82, 2.24) is 10.2 Å². The van der Waals surface area contributed by atoms with Crippen molar-refractivity contribution in [2.45, 2.75) is 26.8 Å². The molecule has 0 aliphatic heterocycles. The third kappa shape index (κ3) is 1.63. The highest BCUT2D eigenvalue weighted by Gasteiger charge is 2.16. The van der Waals surface area contributed by atoms with Crippen LogP contribution in [0.25, 0.3) is 10.9 Å². The van der Waals surface area contributed by atoms with Crippen LogP contribution >= 0.6 is 0 Å². The number of para-hydroxylation sites is 1. The second-order valence-corrected chi connectivity index (χ2v) is 4.38. The molecular weight excluding hydrogens is 186 g/mol. The van der Waals surface area contributed by atoms with E-state index in [2.05, 4.69) is 43.1 Å². The highest BCUT2D eigenvalue weighted by atomic mass is 15.1. The Kier molecular flexibility index (Phi) is 2.49. The van der Waals surface area contributed by atoms with Crippen LogP contribution in [0.2, 0.25) is 0 Å². The fraction of sp³-hybridized carbons (Fsp3) is 0.417. The Balaban J connectivity index is 2.59. The van der Waals surface area contributed by atoms with Gasteiger partial charge in [0.2, 0.25) is 0 Å². The summed E-state index contributed by atoms with van der Waals surface area (Å²) in [6.07, 6.45) is 0. The lowest BCUT2D eigenvalue weighted by Gasteiger charge is -2.13. The maximum atomic E-state index is 6.13. The summed E-state index contributed by atoms with van der Waals surface area (Å²) < 4.78 is 0. The largest absolute Gasteiger partial charge is 0.322 e. The number of aromatic nitrogens is 2. The average Bonchev–Trinajstić information content (AvgIpc) is 2.61. The van der Waals surface area contributed by atoms with Gasteiger partial charge in [-0.25, -0.2) is 0 Å². The van der Waals surface area contributed by atoms with Crippen molar-refractivity contribution in [3.63, 3.8) is 0 Å². The lowest BCUT2D eigenvalue weighted by Crippen LogP contribution is -2.17. The first-order chi connectivity index (χ1) is 7.11. The predicted octanol–water partition coefficient (Wildman–Crippen LogP) is 2.53. The van der Waals surface area contributed by atoms with Gasteiger partial charge in [0, 0.05) is 11.4 Å². The zero-order chi connectivity index (χ0) is 11.0. The summed E-state index contributed by atoms with van der Waals surface area (Å²) in [4.78, 5) is 0. The minimum Gasteiger partial charge on any atom is -0.322 e. The molecule has 1 aromatic carbocycles. The van der Waals surface area contributed by atoms with Gasteiger partial charge in [0.25, 0.3) is 0 Å². The molecule has 0 fully saturated rings. The Labute approximate surface area is 89.7 Å². The number of hydrogen-bond donors (Lipinski definition) is 2. The Morgan fingerprint density at radius 1 is 1.33 bits per heavy atom. The van der Waals surface area contributed by atoms with Crippen LogP contribution in [-0.4, -0.2) is 10.2 Å². The lowest BCUT2D eigenvalue weighted by molar-refractivity contribution is 0.505. The van der Waals surface area contributed by atoms with Crippen LogP contribution in [0.3, 0.4) is 0 Å². The van der Waals surface area contributed by atoms with Gasteiger partial charge in [-0.15, -0.1) is 0 Å². The predicted molar refractivity (Wildman–Crippen MR) is 62.6 cm³/mol. The van der Waals surface area contributed by atoms with Crippen molar-refractivity contribution in [1.29, 1.82) is 0 Å². The molecule has 3 nitrogen and oxygen atoms in total. The van der Waals surface area contributed by atoms with Gasteiger partial charge in [0.15, 0.2) is 0 Å². The van der Waals surface area contributed by atoms with Crippen molar-refractivity contribution >= 4 is 10.9 Å². The molecule has 1 unspecified atom stereocenters. The SMILES string of the molecule is Cc1cccc2c(C(N)C(C)C)[nH]nc12. The summed E-state index contributed by atoms with van der Waals surface area (Å²) >= 11 is 0. The second kappa shape index (κ2) is 3.66. The van der Waals surface area contributed by atoms with E-state index in [0.717, 1.165) is 16.6 Å². The first kappa shape index (κ1) is 10.2. The number of nitrogens with one attached hydrogen (secondary N) is 1. The van der Waals surface area contributed by atoms with Crippen LogP contribution in [0.15, 0.2) is 18.2 Å². The molecule has 0 saturated carbocycles. The maximum absolute atomic E-state index is 6.13. The number of aromatic amines is 1.